The number of thioether (sulfide) groups is 1. The monoisotopic (exact) mass is 525 g/mol. The Kier molecular flexibility index (Phi) is 10.1. The zero-order valence-corrected chi connectivity index (χ0v) is 22.1. The Balaban J connectivity index is 1.56. The van der Waals surface area contributed by atoms with E-state index in [0.29, 0.717) is 28.8 Å². The molecule has 2 amide bonds. The van der Waals surface area contributed by atoms with E-state index in [0.717, 1.165) is 11.3 Å². The standard InChI is InChI=1S/C26H31N5O5S/c1-5-31-24(17(3)27-22(32)14-18-10-12-21(35-4)13-11-18)29-30-26(31)37-16-23(33)28-20-9-7-8-19(15-20)25(34)36-6-2/h7-13,15,17H,5-6,14,16H2,1-4H3,(H,27,32)(H,28,33)/t17-/m1/s1. The maximum Gasteiger partial charge on any atom is 0.338 e. The molecule has 0 radical (unpaired) electrons. The number of nitrogens with one attached hydrogen (secondary N) is 2. The topological polar surface area (TPSA) is 124 Å². The number of benzene rings is 2. The number of hydrogen-bond donors (Lipinski definition) is 2. The first-order valence-corrected chi connectivity index (χ1v) is 12.9. The van der Waals surface area contributed by atoms with E-state index < -0.39 is 5.97 Å². The van der Waals surface area contributed by atoms with Gasteiger partial charge in [0, 0.05) is 12.2 Å². The molecular weight excluding hydrogens is 494 g/mol. The normalized spacial score (nSPS) is 11.5. The second-order valence-corrected chi connectivity index (χ2v) is 8.98. The number of ether oxygens (including phenoxy) is 2. The minimum Gasteiger partial charge on any atom is -0.497 e. The summed E-state index contributed by atoms with van der Waals surface area (Å²) < 4.78 is 12.0. The molecule has 0 saturated heterocycles. The number of hydrogen-bond acceptors (Lipinski definition) is 8. The number of amides is 2. The van der Waals surface area contributed by atoms with Gasteiger partial charge in [0.2, 0.25) is 11.8 Å². The van der Waals surface area contributed by atoms with Crippen molar-refractivity contribution in [3.05, 3.63) is 65.5 Å². The largest absolute Gasteiger partial charge is 0.497 e. The Morgan fingerprint density at radius 2 is 1.81 bits per heavy atom. The van der Waals surface area contributed by atoms with Gasteiger partial charge < -0.3 is 24.7 Å². The van der Waals surface area contributed by atoms with E-state index in [4.69, 9.17) is 9.47 Å². The summed E-state index contributed by atoms with van der Waals surface area (Å²) in [5.41, 5.74) is 1.74. The van der Waals surface area contributed by atoms with E-state index in [-0.39, 0.29) is 36.6 Å². The third kappa shape index (κ3) is 7.81. The fraction of sp³-hybridized carbons (Fsp3) is 0.346. The molecule has 10 nitrogen and oxygen atoms in total. The summed E-state index contributed by atoms with van der Waals surface area (Å²) in [6, 6.07) is 13.6. The molecule has 2 N–H and O–H groups in total. The molecule has 0 aliphatic carbocycles. The Bertz CT molecular complexity index is 1230. The van der Waals surface area contributed by atoms with Crippen LogP contribution in [-0.2, 0) is 27.3 Å². The minimum atomic E-state index is -0.443. The molecule has 0 saturated carbocycles. The summed E-state index contributed by atoms with van der Waals surface area (Å²) in [6.07, 6.45) is 0.230. The molecule has 196 valence electrons. The molecule has 0 fully saturated rings. The fourth-order valence-electron chi connectivity index (χ4n) is 3.58. The van der Waals surface area contributed by atoms with Crippen molar-refractivity contribution in [1.82, 2.24) is 20.1 Å². The average Bonchev–Trinajstić information content (AvgIpc) is 3.31. The van der Waals surface area contributed by atoms with Gasteiger partial charge in [0.05, 0.1) is 37.5 Å². The van der Waals surface area contributed by atoms with Crippen LogP contribution < -0.4 is 15.4 Å². The molecule has 3 aromatic rings. The summed E-state index contributed by atoms with van der Waals surface area (Å²) in [5, 5.41) is 14.8. The van der Waals surface area contributed by atoms with E-state index in [1.807, 2.05) is 42.7 Å². The predicted octanol–water partition coefficient (Wildman–Crippen LogP) is 3.63. The lowest BCUT2D eigenvalue weighted by Gasteiger charge is -2.15. The van der Waals surface area contributed by atoms with Crippen LogP contribution in [0.3, 0.4) is 0 Å². The van der Waals surface area contributed by atoms with E-state index in [1.54, 1.807) is 38.3 Å². The summed E-state index contributed by atoms with van der Waals surface area (Å²) in [6.45, 7) is 6.38. The summed E-state index contributed by atoms with van der Waals surface area (Å²) in [4.78, 5) is 37.0. The van der Waals surface area contributed by atoms with E-state index >= 15 is 0 Å². The highest BCUT2D eigenvalue weighted by molar-refractivity contribution is 7.99. The van der Waals surface area contributed by atoms with Gasteiger partial charge in [-0.3, -0.25) is 9.59 Å². The van der Waals surface area contributed by atoms with Crippen molar-refractivity contribution in [2.45, 2.75) is 44.9 Å². The van der Waals surface area contributed by atoms with Crippen molar-refractivity contribution in [2.24, 2.45) is 0 Å². The van der Waals surface area contributed by atoms with Gasteiger partial charge in [-0.2, -0.15) is 0 Å². The number of rotatable bonds is 12. The van der Waals surface area contributed by atoms with Crippen molar-refractivity contribution in [2.75, 3.05) is 24.8 Å². The third-order valence-electron chi connectivity index (χ3n) is 5.34. The van der Waals surface area contributed by atoms with Gasteiger partial charge in [0.15, 0.2) is 11.0 Å². The van der Waals surface area contributed by atoms with E-state index in [1.165, 1.54) is 11.8 Å². The van der Waals surface area contributed by atoms with Gasteiger partial charge in [-0.1, -0.05) is 30.0 Å². The minimum absolute atomic E-state index is 0.0972. The quantitative estimate of drug-likeness (QED) is 0.271. The number of methoxy groups -OCH3 is 1. The van der Waals surface area contributed by atoms with Crippen LogP contribution in [0.5, 0.6) is 5.75 Å². The molecule has 2 aromatic carbocycles. The molecule has 0 aliphatic rings. The summed E-state index contributed by atoms with van der Waals surface area (Å²) in [5.74, 6) is 0.607. The van der Waals surface area contributed by atoms with Gasteiger partial charge in [0.1, 0.15) is 5.75 Å². The Hall–Kier alpha value is -3.86. The smallest absolute Gasteiger partial charge is 0.338 e. The maximum atomic E-state index is 12.6. The summed E-state index contributed by atoms with van der Waals surface area (Å²) in [7, 11) is 1.60. The maximum absolute atomic E-state index is 12.6. The molecule has 1 atom stereocenters. The van der Waals surface area contributed by atoms with Crippen LogP contribution >= 0.6 is 11.8 Å². The highest BCUT2D eigenvalue weighted by Crippen LogP contribution is 2.21. The highest BCUT2D eigenvalue weighted by Gasteiger charge is 2.20. The van der Waals surface area contributed by atoms with Crippen molar-refractivity contribution >= 4 is 35.2 Å². The molecule has 3 rings (SSSR count). The lowest BCUT2D eigenvalue weighted by atomic mass is 10.1. The molecule has 0 bridgehead atoms. The van der Waals surface area contributed by atoms with Gasteiger partial charge in [-0.05, 0) is 56.7 Å². The molecule has 1 heterocycles. The second kappa shape index (κ2) is 13.4. The number of carbonyl (C=O) groups is 3. The lowest BCUT2D eigenvalue weighted by Crippen LogP contribution is -2.30. The fourth-order valence-corrected chi connectivity index (χ4v) is 4.39. The molecule has 0 spiro atoms. The van der Waals surface area contributed by atoms with Crippen LogP contribution in [0.1, 0.15) is 48.6 Å². The Labute approximate surface area is 220 Å². The number of aromatic nitrogens is 3. The molecule has 11 heteroatoms. The Morgan fingerprint density at radius 1 is 1.05 bits per heavy atom. The third-order valence-corrected chi connectivity index (χ3v) is 6.31. The number of anilines is 1. The van der Waals surface area contributed by atoms with Crippen molar-refractivity contribution < 1.29 is 23.9 Å². The van der Waals surface area contributed by atoms with Gasteiger partial charge >= 0.3 is 5.97 Å². The van der Waals surface area contributed by atoms with Crippen LogP contribution in [0.2, 0.25) is 0 Å². The van der Waals surface area contributed by atoms with Gasteiger partial charge in [-0.25, -0.2) is 4.79 Å². The molecular formula is C26H31N5O5S. The highest BCUT2D eigenvalue weighted by atomic mass is 32.2. The predicted molar refractivity (Wildman–Crippen MR) is 141 cm³/mol. The Morgan fingerprint density at radius 3 is 2.49 bits per heavy atom. The molecule has 37 heavy (non-hydrogen) atoms. The van der Waals surface area contributed by atoms with Crippen LogP contribution in [0, 0.1) is 0 Å². The van der Waals surface area contributed by atoms with E-state index in [9.17, 15) is 14.4 Å². The molecule has 0 unspecified atom stereocenters. The SMILES string of the molecule is CCOC(=O)c1cccc(NC(=O)CSc2nnc([C@@H](C)NC(=O)Cc3ccc(OC)cc3)n2CC)c1. The van der Waals surface area contributed by atoms with E-state index in [2.05, 4.69) is 20.8 Å². The number of carbonyl (C=O) groups excluding carboxylic acids is 3. The van der Waals surface area contributed by atoms with Crippen molar-refractivity contribution in [1.29, 1.82) is 0 Å². The van der Waals surface area contributed by atoms with Crippen molar-refractivity contribution in [3.8, 4) is 5.75 Å². The zero-order chi connectivity index (χ0) is 26.8. The summed E-state index contributed by atoms with van der Waals surface area (Å²) >= 11 is 1.24. The van der Waals surface area contributed by atoms with Crippen molar-refractivity contribution in [3.63, 3.8) is 0 Å². The van der Waals surface area contributed by atoms with Crippen LogP contribution in [0.25, 0.3) is 0 Å². The van der Waals surface area contributed by atoms with Crippen LogP contribution in [-0.4, -0.2) is 52.0 Å². The van der Waals surface area contributed by atoms with Gasteiger partial charge in [-0.15, -0.1) is 10.2 Å². The number of nitrogens with zero attached hydrogens (tertiary/aromatic N) is 3. The molecule has 0 aliphatic heterocycles. The van der Waals surface area contributed by atoms with Crippen LogP contribution in [0.15, 0.2) is 53.7 Å². The first kappa shape index (κ1) is 27.7. The first-order chi connectivity index (χ1) is 17.8. The average molecular weight is 526 g/mol. The van der Waals surface area contributed by atoms with Gasteiger partial charge in [0.25, 0.3) is 0 Å². The zero-order valence-electron chi connectivity index (χ0n) is 21.3. The lowest BCUT2D eigenvalue weighted by molar-refractivity contribution is -0.121. The second-order valence-electron chi connectivity index (χ2n) is 8.04. The first-order valence-electron chi connectivity index (χ1n) is 11.9. The number of esters is 1. The van der Waals surface area contributed by atoms with Crippen LogP contribution in [0.4, 0.5) is 5.69 Å². The molecule has 1 aromatic heterocycles.